The molecular formula is C20H35O4Zn+. The van der Waals surface area contributed by atoms with Crippen molar-refractivity contribution in [1.29, 1.82) is 0 Å². The first-order valence-corrected chi connectivity index (χ1v) is 9.71. The average Bonchev–Trinajstić information content (AvgIpc) is 2.56. The van der Waals surface area contributed by atoms with Crippen LogP contribution in [0, 0.1) is 0 Å². The molecule has 0 unspecified atom stereocenters. The van der Waals surface area contributed by atoms with Crippen LogP contribution in [0.5, 0.6) is 0 Å². The van der Waals surface area contributed by atoms with Crippen molar-refractivity contribution >= 4 is 11.9 Å². The van der Waals surface area contributed by atoms with Gasteiger partial charge < -0.3 is 14.6 Å². The second-order valence-corrected chi connectivity index (χ2v) is 6.41. The molecule has 0 aromatic rings. The molecule has 0 aliphatic rings. The fourth-order valence-electron chi connectivity index (χ4n) is 2.56. The van der Waals surface area contributed by atoms with Gasteiger partial charge in [0.15, 0.2) is 0 Å². The maximum absolute atomic E-state index is 11.1. The Morgan fingerprint density at radius 1 is 0.800 bits per heavy atom. The number of allylic oxidation sites excluding steroid dienone is 1. The summed E-state index contributed by atoms with van der Waals surface area (Å²) in [4.78, 5) is 21.3. The minimum Gasteiger partial charge on any atom is -0.550 e. The van der Waals surface area contributed by atoms with Gasteiger partial charge in [0.25, 0.3) is 0 Å². The topological polar surface area (TPSA) is 66.4 Å². The monoisotopic (exact) mass is 403 g/mol. The number of ether oxygens (including phenoxy) is 1. The molecule has 0 saturated heterocycles. The third kappa shape index (κ3) is 23.3. The molecule has 0 rings (SSSR count). The number of esters is 1. The summed E-state index contributed by atoms with van der Waals surface area (Å²) >= 11 is 0. The summed E-state index contributed by atoms with van der Waals surface area (Å²) in [7, 11) is 0. The minimum absolute atomic E-state index is 0. The first-order chi connectivity index (χ1) is 11.7. The van der Waals surface area contributed by atoms with E-state index in [9.17, 15) is 14.7 Å². The van der Waals surface area contributed by atoms with Gasteiger partial charge in [-0.1, -0.05) is 77.6 Å². The van der Waals surface area contributed by atoms with E-state index in [-0.39, 0.29) is 32.3 Å². The molecule has 0 N–H and O–H groups in total. The Morgan fingerprint density at radius 3 is 1.76 bits per heavy atom. The summed E-state index contributed by atoms with van der Waals surface area (Å²) in [6.45, 7) is 2.25. The number of hydrogen-bond acceptors (Lipinski definition) is 4. The molecule has 0 atom stereocenters. The number of carboxylic acid groups (broad SMARTS) is 1. The van der Waals surface area contributed by atoms with Crippen LogP contribution in [0.15, 0.2) is 12.3 Å². The van der Waals surface area contributed by atoms with Crippen molar-refractivity contribution in [2.45, 2.75) is 103 Å². The quantitative estimate of drug-likeness (QED) is 0.153. The zero-order valence-electron chi connectivity index (χ0n) is 16.1. The fourth-order valence-corrected chi connectivity index (χ4v) is 2.56. The summed E-state index contributed by atoms with van der Waals surface area (Å²) in [5.74, 6) is -1.75. The van der Waals surface area contributed by atoms with Gasteiger partial charge >= 0.3 is 25.4 Å². The summed E-state index contributed by atoms with van der Waals surface area (Å²) in [6.07, 6.45) is 19.6. The maximum atomic E-state index is 11.1. The molecule has 0 amide bonds. The number of carbonyl (C=O) groups is 2. The molecule has 0 aliphatic carbocycles. The van der Waals surface area contributed by atoms with Crippen LogP contribution in [-0.4, -0.2) is 11.9 Å². The molecule has 0 aromatic carbocycles. The SMILES string of the molecule is CCCCCCCCCCCCCC/C=C/OC(=O)CCC(=O)[O-].[Zn+2]. The Balaban J connectivity index is 0. The third-order valence-electron chi connectivity index (χ3n) is 4.05. The van der Waals surface area contributed by atoms with E-state index in [1.807, 2.05) is 6.08 Å². The van der Waals surface area contributed by atoms with Gasteiger partial charge in [0.05, 0.1) is 12.7 Å². The van der Waals surface area contributed by atoms with Crippen LogP contribution in [0.2, 0.25) is 0 Å². The van der Waals surface area contributed by atoms with Gasteiger partial charge in [0.1, 0.15) is 0 Å². The molecule has 0 aliphatic heterocycles. The van der Waals surface area contributed by atoms with E-state index in [0.717, 1.165) is 12.8 Å². The Bertz CT molecular complexity index is 343. The number of hydrogen-bond donors (Lipinski definition) is 0. The largest absolute Gasteiger partial charge is 2.00 e. The molecule has 0 bridgehead atoms. The molecule has 0 fully saturated rings. The van der Waals surface area contributed by atoms with Crippen molar-refractivity contribution in [1.82, 2.24) is 0 Å². The van der Waals surface area contributed by atoms with Crippen LogP contribution >= 0.6 is 0 Å². The Morgan fingerprint density at radius 2 is 1.28 bits per heavy atom. The van der Waals surface area contributed by atoms with E-state index in [2.05, 4.69) is 6.92 Å². The van der Waals surface area contributed by atoms with Crippen LogP contribution in [0.1, 0.15) is 103 Å². The van der Waals surface area contributed by atoms with Gasteiger partial charge in [-0.25, -0.2) is 0 Å². The minimum atomic E-state index is -1.23. The molecule has 0 saturated carbocycles. The first kappa shape index (κ1) is 26.5. The zero-order chi connectivity index (χ0) is 17.9. The van der Waals surface area contributed by atoms with Crippen LogP contribution in [0.4, 0.5) is 0 Å². The van der Waals surface area contributed by atoms with E-state index in [1.165, 1.54) is 76.9 Å². The predicted molar refractivity (Wildman–Crippen MR) is 95.2 cm³/mol. The number of rotatable bonds is 17. The third-order valence-corrected chi connectivity index (χ3v) is 4.05. The Hall–Kier alpha value is -0.697. The van der Waals surface area contributed by atoms with E-state index < -0.39 is 11.9 Å². The van der Waals surface area contributed by atoms with Crippen LogP contribution in [0.25, 0.3) is 0 Å². The second kappa shape index (κ2) is 21.3. The van der Waals surface area contributed by atoms with E-state index in [1.54, 1.807) is 0 Å². The van der Waals surface area contributed by atoms with Crippen molar-refractivity contribution in [3.8, 4) is 0 Å². The number of unbranched alkanes of at least 4 members (excludes halogenated alkanes) is 12. The normalized spacial score (nSPS) is 10.6. The molecule has 0 aromatic heterocycles. The molecule has 0 heterocycles. The summed E-state index contributed by atoms with van der Waals surface area (Å²) < 4.78 is 4.79. The summed E-state index contributed by atoms with van der Waals surface area (Å²) in [6, 6.07) is 0. The average molecular weight is 405 g/mol. The van der Waals surface area contributed by atoms with Crippen LogP contribution in [0.3, 0.4) is 0 Å². The van der Waals surface area contributed by atoms with E-state index >= 15 is 0 Å². The number of carbonyl (C=O) groups excluding carboxylic acids is 2. The van der Waals surface area contributed by atoms with Gasteiger partial charge in [0, 0.05) is 5.97 Å². The van der Waals surface area contributed by atoms with Crippen molar-refractivity contribution < 1.29 is 38.9 Å². The molecule has 4 nitrogen and oxygen atoms in total. The Labute approximate surface area is 166 Å². The summed E-state index contributed by atoms with van der Waals surface area (Å²) in [5.41, 5.74) is 0. The van der Waals surface area contributed by atoms with Gasteiger partial charge in [-0.15, -0.1) is 0 Å². The van der Waals surface area contributed by atoms with Crippen molar-refractivity contribution in [3.05, 3.63) is 12.3 Å². The zero-order valence-corrected chi connectivity index (χ0v) is 19.1. The smallest absolute Gasteiger partial charge is 0.550 e. The fraction of sp³-hybridized carbons (Fsp3) is 0.800. The van der Waals surface area contributed by atoms with E-state index in [4.69, 9.17) is 4.74 Å². The van der Waals surface area contributed by atoms with E-state index in [0.29, 0.717) is 0 Å². The van der Waals surface area contributed by atoms with Crippen LogP contribution < -0.4 is 5.11 Å². The second-order valence-electron chi connectivity index (χ2n) is 6.41. The van der Waals surface area contributed by atoms with Crippen molar-refractivity contribution in [2.75, 3.05) is 0 Å². The first-order valence-electron chi connectivity index (χ1n) is 9.71. The van der Waals surface area contributed by atoms with Crippen molar-refractivity contribution in [2.24, 2.45) is 0 Å². The maximum Gasteiger partial charge on any atom is 2.00 e. The van der Waals surface area contributed by atoms with Gasteiger partial charge in [-0.2, -0.15) is 0 Å². The molecule has 140 valence electrons. The number of aliphatic carboxylic acids is 1. The molecule has 5 heteroatoms. The molecule has 0 radical (unpaired) electrons. The Kier molecular flexibility index (Phi) is 22.7. The molecular weight excluding hydrogens is 370 g/mol. The molecule has 25 heavy (non-hydrogen) atoms. The van der Waals surface area contributed by atoms with Gasteiger partial charge in [-0.05, 0) is 25.3 Å². The van der Waals surface area contributed by atoms with Gasteiger partial charge in [-0.3, -0.25) is 4.79 Å². The number of carboxylic acids is 1. The standard InChI is InChI=1S/C20H36O4.Zn/c1-2-3-4-5-6-7-8-9-10-11-12-13-14-15-18-24-20(23)17-16-19(21)22;/h15,18H,2-14,16-17H2,1H3,(H,21,22);/q;+2/p-1/b18-15+;. The summed E-state index contributed by atoms with van der Waals surface area (Å²) in [5, 5.41) is 10.2. The van der Waals surface area contributed by atoms with Crippen LogP contribution in [-0.2, 0) is 33.8 Å². The van der Waals surface area contributed by atoms with Crippen molar-refractivity contribution in [3.63, 3.8) is 0 Å². The predicted octanol–water partition coefficient (Wildman–Crippen LogP) is 4.66. The van der Waals surface area contributed by atoms with Gasteiger partial charge in [0.2, 0.25) is 0 Å². The molecule has 0 spiro atoms.